The van der Waals surface area contributed by atoms with Crippen molar-refractivity contribution in [2.75, 3.05) is 7.11 Å². The van der Waals surface area contributed by atoms with Gasteiger partial charge in [-0.25, -0.2) is 0 Å². The van der Waals surface area contributed by atoms with Crippen LogP contribution in [0.2, 0.25) is 18.1 Å². The second-order valence-electron chi connectivity index (χ2n) is 6.00. The molecule has 0 amide bonds. The van der Waals surface area contributed by atoms with E-state index in [2.05, 4.69) is 44.5 Å². The molecule has 3 nitrogen and oxygen atoms in total. The lowest BCUT2D eigenvalue weighted by Gasteiger charge is -2.38. The lowest BCUT2D eigenvalue weighted by Crippen LogP contribution is -2.43. The molecular formula is C14H26O3Si. The van der Waals surface area contributed by atoms with E-state index in [1.165, 1.54) is 7.11 Å². The Kier molecular flexibility index (Phi) is 6.65. The molecule has 0 aliphatic rings. The van der Waals surface area contributed by atoms with Crippen LogP contribution < -0.4 is 0 Å². The Morgan fingerprint density at radius 1 is 1.39 bits per heavy atom. The molecule has 0 heterocycles. The molecule has 104 valence electrons. The first-order chi connectivity index (χ1) is 8.14. The SMILES string of the molecule is COC(=O)CCCC([13C]#[13CH])O[Si](C)(C)C(C)(C)C. The monoisotopic (exact) mass is 272 g/mol. The van der Waals surface area contributed by atoms with Gasteiger partial charge in [-0.05, 0) is 31.0 Å². The molecule has 0 saturated heterocycles. The maximum absolute atomic E-state index is 11.0. The van der Waals surface area contributed by atoms with Crippen LogP contribution in [-0.4, -0.2) is 27.5 Å². The molecule has 0 rings (SSSR count). The second kappa shape index (κ2) is 6.96. The number of esters is 1. The highest BCUT2D eigenvalue weighted by Gasteiger charge is 2.38. The van der Waals surface area contributed by atoms with Gasteiger partial charge in [0.1, 0.15) is 6.10 Å². The first-order valence-electron chi connectivity index (χ1n) is 6.35. The van der Waals surface area contributed by atoms with E-state index in [1.54, 1.807) is 0 Å². The molecule has 0 spiro atoms. The van der Waals surface area contributed by atoms with Gasteiger partial charge in [0.15, 0.2) is 8.32 Å². The largest absolute Gasteiger partial charge is 0.469 e. The Morgan fingerprint density at radius 3 is 2.33 bits per heavy atom. The molecule has 0 radical (unpaired) electrons. The van der Waals surface area contributed by atoms with Crippen LogP contribution in [-0.2, 0) is 14.0 Å². The van der Waals surface area contributed by atoms with Gasteiger partial charge in [-0.1, -0.05) is 26.7 Å². The first kappa shape index (κ1) is 17.2. The summed E-state index contributed by atoms with van der Waals surface area (Å²) in [6, 6.07) is 0. The fraction of sp³-hybridized carbons (Fsp3) is 0.786. The Labute approximate surface area is 112 Å². The van der Waals surface area contributed by atoms with Crippen LogP contribution in [0.1, 0.15) is 40.0 Å². The lowest BCUT2D eigenvalue weighted by atomic mass is 10.2. The number of methoxy groups -OCH3 is 1. The summed E-state index contributed by atoms with van der Waals surface area (Å²) in [6.45, 7) is 10.9. The predicted molar refractivity (Wildman–Crippen MR) is 76.8 cm³/mol. The summed E-state index contributed by atoms with van der Waals surface area (Å²) in [7, 11) is -0.437. The fourth-order valence-corrected chi connectivity index (χ4v) is 2.49. The molecule has 0 aromatic carbocycles. The standard InChI is InChI=1S/C14H26O3Si/c1-8-12(10-9-11-13(15)16-5)17-18(6,7)14(2,3)4/h1,12H,9-11H2,2-7H3/i1+1,8+1. The normalized spacial score (nSPS) is 13.8. The van der Waals surface area contributed by atoms with Gasteiger partial charge >= 0.3 is 5.97 Å². The third-order valence-electron chi connectivity index (χ3n) is 3.50. The molecular weight excluding hydrogens is 246 g/mol. The minimum absolute atomic E-state index is 0.143. The van der Waals surface area contributed by atoms with E-state index < -0.39 is 8.32 Å². The van der Waals surface area contributed by atoms with E-state index >= 15 is 0 Å². The Bertz CT molecular complexity index is 310. The lowest BCUT2D eigenvalue weighted by molar-refractivity contribution is -0.140. The maximum atomic E-state index is 11.0. The molecule has 0 bridgehead atoms. The van der Waals surface area contributed by atoms with E-state index in [0.29, 0.717) is 19.3 Å². The number of terminal acetylenes is 1. The van der Waals surface area contributed by atoms with Crippen LogP contribution in [0.4, 0.5) is 0 Å². The molecule has 0 N–H and O–H groups in total. The molecule has 0 aliphatic heterocycles. The highest BCUT2D eigenvalue weighted by atomic mass is 28.4. The third kappa shape index (κ3) is 5.70. The van der Waals surface area contributed by atoms with Crippen molar-refractivity contribution in [3.8, 4) is 12.3 Å². The van der Waals surface area contributed by atoms with Crippen molar-refractivity contribution in [3.05, 3.63) is 0 Å². The molecule has 4 heteroatoms. The van der Waals surface area contributed by atoms with Crippen LogP contribution in [0.3, 0.4) is 0 Å². The number of carbonyl (C=O) groups excluding carboxylic acids is 1. The molecule has 0 fully saturated rings. The summed E-state index contributed by atoms with van der Waals surface area (Å²) in [6.07, 6.45) is 7.11. The first-order valence-corrected chi connectivity index (χ1v) is 9.25. The van der Waals surface area contributed by atoms with Crippen LogP contribution in [0.5, 0.6) is 0 Å². The zero-order valence-electron chi connectivity index (χ0n) is 12.5. The van der Waals surface area contributed by atoms with Crippen molar-refractivity contribution >= 4 is 14.3 Å². The van der Waals surface area contributed by atoms with Gasteiger partial charge in [0.25, 0.3) is 0 Å². The van der Waals surface area contributed by atoms with Crippen molar-refractivity contribution in [3.63, 3.8) is 0 Å². The number of rotatable bonds is 6. The van der Waals surface area contributed by atoms with Crippen molar-refractivity contribution in [2.24, 2.45) is 0 Å². The maximum Gasteiger partial charge on any atom is 0.305 e. The topological polar surface area (TPSA) is 35.5 Å². The summed E-state index contributed by atoms with van der Waals surface area (Å²) in [4.78, 5) is 11.0. The van der Waals surface area contributed by atoms with E-state index in [9.17, 15) is 4.79 Å². The minimum atomic E-state index is -1.83. The van der Waals surface area contributed by atoms with E-state index in [0.717, 1.165) is 0 Å². The third-order valence-corrected chi connectivity index (χ3v) is 7.99. The summed E-state index contributed by atoms with van der Waals surface area (Å²) in [5.74, 6) is 2.49. The summed E-state index contributed by atoms with van der Waals surface area (Å²) in [5.41, 5.74) is 0. The van der Waals surface area contributed by atoms with Crippen molar-refractivity contribution in [1.82, 2.24) is 0 Å². The average Bonchev–Trinajstić information content (AvgIpc) is 2.25. The van der Waals surface area contributed by atoms with Crippen LogP contribution >= 0.6 is 0 Å². The zero-order valence-corrected chi connectivity index (χ0v) is 13.5. The van der Waals surface area contributed by atoms with E-state index in [-0.39, 0.29) is 17.1 Å². The highest BCUT2D eigenvalue weighted by Crippen LogP contribution is 2.37. The van der Waals surface area contributed by atoms with Gasteiger partial charge in [0, 0.05) is 6.42 Å². The van der Waals surface area contributed by atoms with Gasteiger partial charge in [-0.15, -0.1) is 6.42 Å². The van der Waals surface area contributed by atoms with E-state index in [1.807, 2.05) is 0 Å². The van der Waals surface area contributed by atoms with E-state index in [4.69, 9.17) is 10.8 Å². The predicted octanol–water partition coefficient (Wildman–Crippen LogP) is 3.35. The minimum Gasteiger partial charge on any atom is -0.469 e. The number of ether oxygens (including phenoxy) is 1. The van der Waals surface area contributed by atoms with Gasteiger partial charge in [0.2, 0.25) is 0 Å². The summed E-state index contributed by atoms with van der Waals surface area (Å²) in [5, 5.41) is 0.143. The van der Waals surface area contributed by atoms with Crippen LogP contribution in [0.25, 0.3) is 0 Å². The fourth-order valence-electron chi connectivity index (χ4n) is 1.24. The molecule has 1 unspecified atom stereocenters. The van der Waals surface area contributed by atoms with Crippen LogP contribution in [0.15, 0.2) is 0 Å². The smallest absolute Gasteiger partial charge is 0.305 e. The van der Waals surface area contributed by atoms with Crippen LogP contribution in [0, 0.1) is 12.3 Å². The number of hydrogen-bond donors (Lipinski definition) is 0. The molecule has 0 aromatic rings. The van der Waals surface area contributed by atoms with Gasteiger partial charge < -0.3 is 9.16 Å². The second-order valence-corrected chi connectivity index (χ2v) is 10.8. The van der Waals surface area contributed by atoms with Crippen molar-refractivity contribution in [1.29, 1.82) is 0 Å². The number of carbonyl (C=O) groups is 1. The summed E-state index contributed by atoms with van der Waals surface area (Å²) < 4.78 is 10.7. The Balaban J connectivity index is 4.29. The zero-order chi connectivity index (χ0) is 14.4. The molecule has 18 heavy (non-hydrogen) atoms. The highest BCUT2D eigenvalue weighted by molar-refractivity contribution is 6.74. The molecule has 0 aliphatic carbocycles. The van der Waals surface area contributed by atoms with Crippen molar-refractivity contribution in [2.45, 2.75) is 64.3 Å². The Hall–Kier alpha value is -0.793. The number of hydrogen-bond acceptors (Lipinski definition) is 3. The van der Waals surface area contributed by atoms with Gasteiger partial charge in [-0.3, -0.25) is 4.79 Å². The molecule has 0 saturated carbocycles. The molecule has 1 atom stereocenters. The average molecular weight is 272 g/mol. The Morgan fingerprint density at radius 2 is 1.94 bits per heavy atom. The molecule has 0 aromatic heterocycles. The summed E-state index contributed by atoms with van der Waals surface area (Å²) >= 11 is 0. The quantitative estimate of drug-likeness (QED) is 0.322. The van der Waals surface area contributed by atoms with Gasteiger partial charge in [-0.2, -0.15) is 0 Å². The van der Waals surface area contributed by atoms with Crippen molar-refractivity contribution < 1.29 is 14.0 Å². The van der Waals surface area contributed by atoms with Gasteiger partial charge in [0.05, 0.1) is 7.11 Å².